The van der Waals surface area contributed by atoms with Crippen molar-refractivity contribution < 1.29 is 9.53 Å². The fourth-order valence-corrected chi connectivity index (χ4v) is 4.30. The molecule has 0 unspecified atom stereocenters. The quantitative estimate of drug-likeness (QED) is 0.512. The maximum Gasteiger partial charge on any atom is 0.407 e. The molecule has 0 bridgehead atoms. The van der Waals surface area contributed by atoms with Crippen LogP contribution < -0.4 is 10.2 Å². The maximum absolute atomic E-state index is 12.1. The van der Waals surface area contributed by atoms with Gasteiger partial charge < -0.3 is 19.5 Å². The summed E-state index contributed by atoms with van der Waals surface area (Å²) in [5.74, 6) is 0.924. The first-order valence-electron chi connectivity index (χ1n) is 10.8. The third-order valence-electron chi connectivity index (χ3n) is 5.46. The van der Waals surface area contributed by atoms with Crippen LogP contribution in [-0.4, -0.2) is 40.4 Å². The van der Waals surface area contributed by atoms with Gasteiger partial charge in [-0.25, -0.2) is 9.78 Å². The first-order chi connectivity index (χ1) is 15.2. The van der Waals surface area contributed by atoms with E-state index in [1.54, 1.807) is 0 Å². The predicted molar refractivity (Wildman–Crippen MR) is 130 cm³/mol. The van der Waals surface area contributed by atoms with E-state index in [9.17, 15) is 4.79 Å². The lowest BCUT2D eigenvalue weighted by molar-refractivity contribution is 0.0497. The summed E-state index contributed by atoms with van der Waals surface area (Å²) < 4.78 is 7.61. The number of halogens is 2. The lowest BCUT2D eigenvalue weighted by Crippen LogP contribution is -2.46. The number of fused-ring (bicyclic) bond motifs is 1. The molecule has 6 nitrogen and oxygen atoms in total. The molecule has 3 aromatic rings. The standard InChI is InChI=1S/C24H28Cl2N4O2/c1-24(2,3)32-23(31)27-17-10-12-29(13-11-17)22-28-20-6-4-5-7-21(20)30(22)15-16-8-9-18(25)19(26)14-16/h4-9,14,17H,10-13,15H2,1-3H3,(H,27,31). The molecular weight excluding hydrogens is 447 g/mol. The van der Waals surface area contributed by atoms with Gasteiger partial charge in [0.05, 0.1) is 27.6 Å². The summed E-state index contributed by atoms with van der Waals surface area (Å²) >= 11 is 12.3. The van der Waals surface area contributed by atoms with E-state index in [0.29, 0.717) is 16.6 Å². The predicted octanol–water partition coefficient (Wildman–Crippen LogP) is 5.88. The summed E-state index contributed by atoms with van der Waals surface area (Å²) in [5.41, 5.74) is 2.59. The number of carbonyl (C=O) groups is 1. The number of rotatable bonds is 4. The number of anilines is 1. The molecule has 0 spiro atoms. The van der Waals surface area contributed by atoms with Crippen molar-refractivity contribution in [2.24, 2.45) is 0 Å². The Morgan fingerprint density at radius 1 is 1.12 bits per heavy atom. The van der Waals surface area contributed by atoms with E-state index < -0.39 is 5.60 Å². The molecule has 170 valence electrons. The van der Waals surface area contributed by atoms with Crippen LogP contribution in [0.4, 0.5) is 10.7 Å². The first-order valence-corrected chi connectivity index (χ1v) is 11.6. The van der Waals surface area contributed by atoms with Gasteiger partial charge in [-0.1, -0.05) is 41.4 Å². The van der Waals surface area contributed by atoms with Crippen LogP contribution >= 0.6 is 23.2 Å². The molecule has 1 aromatic heterocycles. The van der Waals surface area contributed by atoms with Gasteiger partial charge in [-0.15, -0.1) is 0 Å². The largest absolute Gasteiger partial charge is 0.444 e. The molecule has 32 heavy (non-hydrogen) atoms. The average molecular weight is 475 g/mol. The number of amides is 1. The molecule has 1 saturated heterocycles. The molecule has 8 heteroatoms. The molecule has 2 aromatic carbocycles. The molecule has 1 aliphatic heterocycles. The number of hydrogen-bond acceptors (Lipinski definition) is 4. The summed E-state index contributed by atoms with van der Waals surface area (Å²) in [6, 6.07) is 13.9. The minimum Gasteiger partial charge on any atom is -0.444 e. The zero-order chi connectivity index (χ0) is 22.9. The topological polar surface area (TPSA) is 59.4 Å². The van der Waals surface area contributed by atoms with Crippen LogP contribution in [0, 0.1) is 0 Å². The summed E-state index contributed by atoms with van der Waals surface area (Å²) in [5, 5.41) is 4.09. The van der Waals surface area contributed by atoms with Gasteiger partial charge in [0.25, 0.3) is 0 Å². The first kappa shape index (κ1) is 22.7. The number of imidazole rings is 1. The molecule has 0 aliphatic carbocycles. The van der Waals surface area contributed by atoms with Gasteiger partial charge in [0.2, 0.25) is 5.95 Å². The summed E-state index contributed by atoms with van der Waals surface area (Å²) in [6.07, 6.45) is 1.30. The SMILES string of the molecule is CC(C)(C)OC(=O)NC1CCN(c2nc3ccccc3n2Cc2ccc(Cl)c(Cl)c2)CC1. The van der Waals surface area contributed by atoms with Crippen LogP contribution in [0.3, 0.4) is 0 Å². The number of alkyl carbamates (subject to hydrolysis) is 1. The van der Waals surface area contributed by atoms with Crippen molar-refractivity contribution >= 4 is 46.3 Å². The van der Waals surface area contributed by atoms with Crippen LogP contribution in [0.2, 0.25) is 10.0 Å². The summed E-state index contributed by atoms with van der Waals surface area (Å²) in [4.78, 5) is 19.3. The number of nitrogens with zero attached hydrogens (tertiary/aromatic N) is 3. The monoisotopic (exact) mass is 474 g/mol. The minimum atomic E-state index is -0.500. The zero-order valence-electron chi connectivity index (χ0n) is 18.6. The fourth-order valence-electron chi connectivity index (χ4n) is 3.98. The van der Waals surface area contributed by atoms with Gasteiger partial charge in [-0.2, -0.15) is 0 Å². The van der Waals surface area contributed by atoms with Crippen LogP contribution in [-0.2, 0) is 11.3 Å². The molecule has 2 heterocycles. The van der Waals surface area contributed by atoms with Crippen molar-refractivity contribution in [2.45, 2.75) is 51.8 Å². The van der Waals surface area contributed by atoms with E-state index in [0.717, 1.165) is 48.5 Å². The number of para-hydroxylation sites is 2. The number of aromatic nitrogens is 2. The third kappa shape index (κ3) is 5.30. The summed E-state index contributed by atoms with van der Waals surface area (Å²) in [7, 11) is 0. The number of nitrogens with one attached hydrogen (secondary N) is 1. The highest BCUT2D eigenvalue weighted by atomic mass is 35.5. The number of ether oxygens (including phenoxy) is 1. The average Bonchev–Trinajstić information content (AvgIpc) is 3.08. The highest BCUT2D eigenvalue weighted by Crippen LogP contribution is 2.28. The number of hydrogen-bond donors (Lipinski definition) is 1. The Balaban J connectivity index is 1.51. The zero-order valence-corrected chi connectivity index (χ0v) is 20.1. The molecule has 0 atom stereocenters. The lowest BCUT2D eigenvalue weighted by atomic mass is 10.1. The van der Waals surface area contributed by atoms with Crippen LogP contribution in [0.15, 0.2) is 42.5 Å². The lowest BCUT2D eigenvalue weighted by Gasteiger charge is -2.33. The van der Waals surface area contributed by atoms with E-state index in [-0.39, 0.29) is 12.1 Å². The van der Waals surface area contributed by atoms with Crippen molar-refractivity contribution in [2.75, 3.05) is 18.0 Å². The molecule has 0 radical (unpaired) electrons. The van der Waals surface area contributed by atoms with Gasteiger partial charge in [0.1, 0.15) is 5.60 Å². The van der Waals surface area contributed by atoms with E-state index in [1.165, 1.54) is 0 Å². The Kier molecular flexibility index (Phi) is 6.54. The second kappa shape index (κ2) is 9.20. The molecule has 0 saturated carbocycles. The smallest absolute Gasteiger partial charge is 0.407 e. The second-order valence-electron chi connectivity index (χ2n) is 9.14. The second-order valence-corrected chi connectivity index (χ2v) is 9.96. The third-order valence-corrected chi connectivity index (χ3v) is 6.20. The molecule has 1 fully saturated rings. The molecule has 4 rings (SSSR count). The van der Waals surface area contributed by atoms with E-state index in [4.69, 9.17) is 32.9 Å². The fraction of sp³-hybridized carbons (Fsp3) is 0.417. The normalized spacial score (nSPS) is 15.2. The molecule has 1 aliphatic rings. The van der Waals surface area contributed by atoms with E-state index in [2.05, 4.69) is 20.9 Å². The van der Waals surface area contributed by atoms with Gasteiger partial charge in [0.15, 0.2) is 0 Å². The van der Waals surface area contributed by atoms with Crippen molar-refractivity contribution in [3.05, 3.63) is 58.1 Å². The number of benzene rings is 2. The van der Waals surface area contributed by atoms with Gasteiger partial charge in [-0.3, -0.25) is 0 Å². The number of carbonyl (C=O) groups excluding carboxylic acids is 1. The molecule has 1 amide bonds. The van der Waals surface area contributed by atoms with Crippen molar-refractivity contribution in [3.8, 4) is 0 Å². The maximum atomic E-state index is 12.1. The highest BCUT2D eigenvalue weighted by Gasteiger charge is 2.26. The number of piperidine rings is 1. The van der Waals surface area contributed by atoms with Crippen molar-refractivity contribution in [3.63, 3.8) is 0 Å². The molecule has 1 N–H and O–H groups in total. The van der Waals surface area contributed by atoms with Crippen molar-refractivity contribution in [1.29, 1.82) is 0 Å². The Hall–Kier alpha value is -2.44. The Morgan fingerprint density at radius 2 is 1.84 bits per heavy atom. The van der Waals surface area contributed by atoms with Gasteiger partial charge in [-0.05, 0) is 63.4 Å². The Morgan fingerprint density at radius 3 is 2.53 bits per heavy atom. The van der Waals surface area contributed by atoms with E-state index >= 15 is 0 Å². The Labute approximate surface area is 198 Å². The molecular formula is C24H28Cl2N4O2. The van der Waals surface area contributed by atoms with Gasteiger partial charge in [0, 0.05) is 19.1 Å². The van der Waals surface area contributed by atoms with E-state index in [1.807, 2.05) is 57.2 Å². The van der Waals surface area contributed by atoms with Crippen LogP contribution in [0.25, 0.3) is 11.0 Å². The minimum absolute atomic E-state index is 0.0917. The highest BCUT2D eigenvalue weighted by molar-refractivity contribution is 6.42. The van der Waals surface area contributed by atoms with Crippen molar-refractivity contribution in [1.82, 2.24) is 14.9 Å². The Bertz CT molecular complexity index is 1110. The van der Waals surface area contributed by atoms with Crippen LogP contribution in [0.1, 0.15) is 39.2 Å². The van der Waals surface area contributed by atoms with Crippen LogP contribution in [0.5, 0.6) is 0 Å². The van der Waals surface area contributed by atoms with Gasteiger partial charge >= 0.3 is 6.09 Å². The summed E-state index contributed by atoms with van der Waals surface area (Å²) in [6.45, 7) is 7.84.